The molecule has 0 heterocycles. The normalized spacial score (nSPS) is 11.9. The van der Waals surface area contributed by atoms with Crippen molar-refractivity contribution in [3.05, 3.63) is 29.3 Å². The summed E-state index contributed by atoms with van der Waals surface area (Å²) in [5.41, 5.74) is 2.61. The van der Waals surface area contributed by atoms with Crippen LogP contribution in [0.1, 0.15) is 31.9 Å². The highest BCUT2D eigenvalue weighted by Gasteiger charge is 2.19. The van der Waals surface area contributed by atoms with Crippen molar-refractivity contribution in [2.24, 2.45) is 0 Å². The number of methoxy groups -OCH3 is 2. The van der Waals surface area contributed by atoms with E-state index in [4.69, 9.17) is 9.47 Å². The first-order valence-corrected chi connectivity index (χ1v) is 6.23. The number of benzene rings is 1. The van der Waals surface area contributed by atoms with Crippen molar-refractivity contribution in [2.45, 2.75) is 32.7 Å². The topological polar surface area (TPSA) is 21.7 Å². The third kappa shape index (κ3) is 4.00. The van der Waals surface area contributed by atoms with Crippen LogP contribution in [0.25, 0.3) is 0 Å². The van der Waals surface area contributed by atoms with E-state index in [2.05, 4.69) is 43.9 Å². The van der Waals surface area contributed by atoms with Gasteiger partial charge in [-0.15, -0.1) is 0 Å². The molecule has 1 aromatic carbocycles. The number of rotatable bonds is 5. The van der Waals surface area contributed by atoms with Gasteiger partial charge >= 0.3 is 0 Å². The summed E-state index contributed by atoms with van der Waals surface area (Å²) in [4.78, 5) is 2.13. The first-order valence-electron chi connectivity index (χ1n) is 6.23. The van der Waals surface area contributed by atoms with E-state index in [0.29, 0.717) is 6.73 Å². The van der Waals surface area contributed by atoms with Crippen LogP contribution < -0.4 is 4.74 Å². The molecule has 0 saturated heterocycles. The third-order valence-corrected chi connectivity index (χ3v) is 2.87. The van der Waals surface area contributed by atoms with Gasteiger partial charge < -0.3 is 9.47 Å². The maximum absolute atomic E-state index is 5.44. The molecule has 0 amide bonds. The lowest BCUT2D eigenvalue weighted by molar-refractivity contribution is 0.0771. The summed E-state index contributed by atoms with van der Waals surface area (Å²) in [5.74, 6) is 0.959. The SMILES string of the molecule is COCN(C)Cc1ccc(OC)c(C(C)(C)C)c1. The zero-order chi connectivity index (χ0) is 13.8. The fourth-order valence-electron chi connectivity index (χ4n) is 2.02. The van der Waals surface area contributed by atoms with Crippen molar-refractivity contribution in [2.75, 3.05) is 28.0 Å². The Balaban J connectivity index is 2.96. The summed E-state index contributed by atoms with van der Waals surface area (Å²) in [7, 11) is 5.48. The Hall–Kier alpha value is -1.06. The van der Waals surface area contributed by atoms with Gasteiger partial charge in [0.05, 0.1) is 13.8 Å². The average molecular weight is 251 g/mol. The predicted molar refractivity (Wildman–Crippen MR) is 75.0 cm³/mol. The Labute approximate surface area is 111 Å². The second-order valence-electron chi connectivity index (χ2n) is 5.72. The Kier molecular flexibility index (Phi) is 5.17. The molecular formula is C15H25NO2. The molecule has 102 valence electrons. The minimum Gasteiger partial charge on any atom is -0.496 e. The summed E-state index contributed by atoms with van der Waals surface area (Å²) < 4.78 is 10.6. The second kappa shape index (κ2) is 6.21. The molecule has 0 radical (unpaired) electrons. The number of nitrogens with zero attached hydrogens (tertiary/aromatic N) is 1. The van der Waals surface area contributed by atoms with Gasteiger partial charge in [0.25, 0.3) is 0 Å². The van der Waals surface area contributed by atoms with Crippen LogP contribution in [0.4, 0.5) is 0 Å². The highest BCUT2D eigenvalue weighted by Crippen LogP contribution is 2.32. The molecule has 0 unspecified atom stereocenters. The lowest BCUT2D eigenvalue weighted by Crippen LogP contribution is -2.21. The molecule has 0 N–H and O–H groups in total. The van der Waals surface area contributed by atoms with Crippen LogP contribution in [-0.2, 0) is 16.7 Å². The van der Waals surface area contributed by atoms with Crippen molar-refractivity contribution in [3.63, 3.8) is 0 Å². The van der Waals surface area contributed by atoms with Crippen molar-refractivity contribution in [1.82, 2.24) is 4.90 Å². The average Bonchev–Trinajstić information content (AvgIpc) is 2.28. The van der Waals surface area contributed by atoms with E-state index in [1.807, 2.05) is 7.05 Å². The summed E-state index contributed by atoms with van der Waals surface area (Å²) in [6.07, 6.45) is 0. The van der Waals surface area contributed by atoms with E-state index >= 15 is 0 Å². The van der Waals surface area contributed by atoms with E-state index < -0.39 is 0 Å². The van der Waals surface area contributed by atoms with Crippen LogP contribution in [0.2, 0.25) is 0 Å². The fraction of sp³-hybridized carbons (Fsp3) is 0.600. The minimum absolute atomic E-state index is 0.0845. The quantitative estimate of drug-likeness (QED) is 0.751. The smallest absolute Gasteiger partial charge is 0.122 e. The standard InChI is InChI=1S/C15H25NO2/c1-15(2,3)13-9-12(7-8-14(13)18-6)10-16(4)11-17-5/h7-9H,10-11H2,1-6H3. The Morgan fingerprint density at radius 3 is 2.33 bits per heavy atom. The monoisotopic (exact) mass is 251 g/mol. The van der Waals surface area contributed by atoms with Gasteiger partial charge in [-0.1, -0.05) is 32.9 Å². The largest absolute Gasteiger partial charge is 0.496 e. The van der Waals surface area contributed by atoms with Gasteiger partial charge in [-0.05, 0) is 29.7 Å². The fourth-order valence-corrected chi connectivity index (χ4v) is 2.02. The molecule has 1 rings (SSSR count). The first kappa shape index (κ1) is 15.0. The molecule has 0 aliphatic carbocycles. The zero-order valence-electron chi connectivity index (χ0n) is 12.4. The maximum Gasteiger partial charge on any atom is 0.122 e. The molecule has 0 bridgehead atoms. The lowest BCUT2D eigenvalue weighted by Gasteiger charge is -2.24. The van der Waals surface area contributed by atoms with Crippen LogP contribution in [0.5, 0.6) is 5.75 Å². The van der Waals surface area contributed by atoms with Gasteiger partial charge in [0, 0.05) is 13.7 Å². The van der Waals surface area contributed by atoms with Crippen LogP contribution in [-0.4, -0.2) is 32.9 Å². The predicted octanol–water partition coefficient (Wildman–Crippen LogP) is 3.03. The molecule has 18 heavy (non-hydrogen) atoms. The van der Waals surface area contributed by atoms with Gasteiger partial charge in [-0.3, -0.25) is 4.90 Å². The van der Waals surface area contributed by atoms with Crippen LogP contribution in [0.15, 0.2) is 18.2 Å². The van der Waals surface area contributed by atoms with Gasteiger partial charge in [-0.25, -0.2) is 0 Å². The molecule has 0 saturated carbocycles. The van der Waals surface area contributed by atoms with E-state index in [-0.39, 0.29) is 5.41 Å². The molecule has 1 aromatic rings. The number of hydrogen-bond donors (Lipinski definition) is 0. The molecule has 0 fully saturated rings. The highest BCUT2D eigenvalue weighted by molar-refractivity contribution is 5.41. The molecule has 0 aliphatic rings. The molecular weight excluding hydrogens is 226 g/mol. The summed E-state index contributed by atoms with van der Waals surface area (Å²) >= 11 is 0. The van der Waals surface area contributed by atoms with E-state index in [9.17, 15) is 0 Å². The van der Waals surface area contributed by atoms with Crippen molar-refractivity contribution >= 4 is 0 Å². The third-order valence-electron chi connectivity index (χ3n) is 2.87. The number of ether oxygens (including phenoxy) is 2. The van der Waals surface area contributed by atoms with Crippen LogP contribution >= 0.6 is 0 Å². The summed E-state index contributed by atoms with van der Waals surface area (Å²) in [5, 5.41) is 0. The van der Waals surface area contributed by atoms with Gasteiger partial charge in [0.2, 0.25) is 0 Å². The van der Waals surface area contributed by atoms with Crippen LogP contribution in [0, 0.1) is 0 Å². The van der Waals surface area contributed by atoms with Gasteiger partial charge in [0.1, 0.15) is 5.75 Å². The molecule has 0 spiro atoms. The van der Waals surface area contributed by atoms with Crippen molar-refractivity contribution < 1.29 is 9.47 Å². The molecule has 0 atom stereocenters. The Bertz CT molecular complexity index is 383. The highest BCUT2D eigenvalue weighted by atomic mass is 16.5. The van der Waals surface area contributed by atoms with Crippen molar-refractivity contribution in [1.29, 1.82) is 0 Å². The van der Waals surface area contributed by atoms with E-state index in [0.717, 1.165) is 12.3 Å². The molecule has 0 aliphatic heterocycles. The zero-order valence-corrected chi connectivity index (χ0v) is 12.4. The molecule has 3 heteroatoms. The number of hydrogen-bond acceptors (Lipinski definition) is 3. The van der Waals surface area contributed by atoms with Gasteiger partial charge in [-0.2, -0.15) is 0 Å². The van der Waals surface area contributed by atoms with Crippen LogP contribution in [0.3, 0.4) is 0 Å². The first-order chi connectivity index (χ1) is 8.38. The summed E-state index contributed by atoms with van der Waals surface area (Å²) in [6, 6.07) is 6.39. The Morgan fingerprint density at radius 2 is 1.83 bits per heavy atom. The minimum atomic E-state index is 0.0845. The van der Waals surface area contributed by atoms with Crippen molar-refractivity contribution in [3.8, 4) is 5.75 Å². The molecule has 0 aromatic heterocycles. The maximum atomic E-state index is 5.44. The van der Waals surface area contributed by atoms with E-state index in [1.54, 1.807) is 14.2 Å². The lowest BCUT2D eigenvalue weighted by atomic mass is 9.85. The summed E-state index contributed by atoms with van der Waals surface area (Å²) in [6.45, 7) is 8.12. The van der Waals surface area contributed by atoms with E-state index in [1.165, 1.54) is 11.1 Å². The van der Waals surface area contributed by atoms with Gasteiger partial charge in [0.15, 0.2) is 0 Å². The second-order valence-corrected chi connectivity index (χ2v) is 5.72. The molecule has 3 nitrogen and oxygen atoms in total. The Morgan fingerprint density at radius 1 is 1.17 bits per heavy atom.